The number of anilines is 1. The molecule has 0 unspecified atom stereocenters. The van der Waals surface area contributed by atoms with Gasteiger partial charge in [0.25, 0.3) is 0 Å². The molecule has 1 saturated heterocycles. The van der Waals surface area contributed by atoms with Crippen LogP contribution in [0.3, 0.4) is 0 Å². The molecule has 1 aliphatic rings. The molecule has 1 N–H and O–H groups in total. The maximum Gasteiger partial charge on any atom is 0.243 e. The van der Waals surface area contributed by atoms with Crippen molar-refractivity contribution in [3.63, 3.8) is 0 Å². The predicted octanol–water partition coefficient (Wildman–Crippen LogP) is 2.83. The van der Waals surface area contributed by atoms with Gasteiger partial charge in [-0.2, -0.15) is 4.31 Å². The van der Waals surface area contributed by atoms with Crippen molar-refractivity contribution in [2.24, 2.45) is 0 Å². The van der Waals surface area contributed by atoms with Gasteiger partial charge in [-0.15, -0.1) is 0 Å². The Hall–Kier alpha value is -2.16. The van der Waals surface area contributed by atoms with Crippen LogP contribution in [0.15, 0.2) is 45.7 Å². The largest absolute Gasteiger partial charge is 0.465 e. The molecule has 1 aromatic heterocycles. The molecule has 1 atom stereocenters. The van der Waals surface area contributed by atoms with Gasteiger partial charge in [-0.25, -0.2) is 8.42 Å². The zero-order valence-corrected chi connectivity index (χ0v) is 17.3. The van der Waals surface area contributed by atoms with E-state index < -0.39 is 10.0 Å². The van der Waals surface area contributed by atoms with E-state index in [-0.39, 0.29) is 16.8 Å². The molecule has 1 amide bonds. The van der Waals surface area contributed by atoms with Crippen LogP contribution in [0.2, 0.25) is 0 Å². The SMILES string of the molecule is Cc1ccc(CN(C)[C@H](C)C(=O)Nc2ccc(S(=O)(=O)N3CCCC3)cc2)o1. The Kier molecular flexibility index (Phi) is 6.22. The molecule has 8 heteroatoms. The molecule has 2 heterocycles. The summed E-state index contributed by atoms with van der Waals surface area (Å²) in [5.74, 6) is 1.47. The fourth-order valence-corrected chi connectivity index (χ4v) is 4.70. The number of nitrogens with zero attached hydrogens (tertiary/aromatic N) is 2. The number of likely N-dealkylation sites (N-methyl/N-ethyl adjacent to an activating group) is 1. The Bertz CT molecular complexity index is 915. The monoisotopic (exact) mass is 405 g/mol. The second kappa shape index (κ2) is 8.46. The average molecular weight is 406 g/mol. The number of amides is 1. The standard InChI is InChI=1S/C20H27N3O4S/c1-15-6-9-18(27-15)14-22(3)16(2)20(24)21-17-7-10-19(11-8-17)28(25,26)23-12-4-5-13-23/h6-11,16H,4-5,12-14H2,1-3H3,(H,21,24)/t16-/m1/s1. The summed E-state index contributed by atoms with van der Waals surface area (Å²) < 4.78 is 32.2. The summed E-state index contributed by atoms with van der Waals surface area (Å²) in [5.41, 5.74) is 0.569. The Morgan fingerprint density at radius 3 is 2.39 bits per heavy atom. The number of carbonyl (C=O) groups is 1. The first-order valence-corrected chi connectivity index (χ1v) is 10.9. The molecule has 2 aromatic rings. The minimum absolute atomic E-state index is 0.166. The predicted molar refractivity (Wildman–Crippen MR) is 107 cm³/mol. The van der Waals surface area contributed by atoms with Crippen molar-refractivity contribution in [1.29, 1.82) is 0 Å². The van der Waals surface area contributed by atoms with Gasteiger partial charge in [0.05, 0.1) is 17.5 Å². The van der Waals surface area contributed by atoms with Gasteiger partial charge >= 0.3 is 0 Å². The first-order chi connectivity index (χ1) is 13.3. The number of carbonyl (C=O) groups excluding carboxylic acids is 1. The molecule has 152 valence electrons. The van der Waals surface area contributed by atoms with Crippen molar-refractivity contribution in [3.05, 3.63) is 47.9 Å². The molecule has 0 spiro atoms. The first kappa shape index (κ1) is 20.6. The number of rotatable bonds is 7. The summed E-state index contributed by atoms with van der Waals surface area (Å²) in [4.78, 5) is 14.7. The third kappa shape index (κ3) is 4.63. The molecular formula is C20H27N3O4S. The second-order valence-electron chi connectivity index (χ2n) is 7.23. The van der Waals surface area contributed by atoms with Crippen molar-refractivity contribution in [1.82, 2.24) is 9.21 Å². The van der Waals surface area contributed by atoms with Crippen LogP contribution in [-0.4, -0.2) is 49.7 Å². The van der Waals surface area contributed by atoms with Crippen LogP contribution in [0.5, 0.6) is 0 Å². The van der Waals surface area contributed by atoms with Gasteiger partial charge in [-0.05, 0) is 70.1 Å². The van der Waals surface area contributed by atoms with Gasteiger partial charge in [-0.3, -0.25) is 9.69 Å². The molecule has 0 aliphatic carbocycles. The normalized spacial score (nSPS) is 16.4. The number of hydrogen-bond acceptors (Lipinski definition) is 5. The van der Waals surface area contributed by atoms with Crippen LogP contribution < -0.4 is 5.32 Å². The fourth-order valence-electron chi connectivity index (χ4n) is 3.19. The van der Waals surface area contributed by atoms with E-state index in [1.807, 2.05) is 37.9 Å². The molecule has 1 aliphatic heterocycles. The summed E-state index contributed by atoms with van der Waals surface area (Å²) in [7, 11) is -1.59. The Morgan fingerprint density at radius 1 is 1.18 bits per heavy atom. The van der Waals surface area contributed by atoms with Crippen LogP contribution >= 0.6 is 0 Å². The van der Waals surface area contributed by atoms with Crippen LogP contribution in [-0.2, 0) is 21.4 Å². The maximum absolute atomic E-state index is 12.6. The summed E-state index contributed by atoms with van der Waals surface area (Å²) >= 11 is 0. The molecule has 28 heavy (non-hydrogen) atoms. The Labute approximate surface area is 166 Å². The minimum atomic E-state index is -3.44. The molecule has 3 rings (SSSR count). The summed E-state index contributed by atoms with van der Waals surface area (Å²) in [6, 6.07) is 9.76. The molecule has 1 fully saturated rings. The van der Waals surface area contributed by atoms with E-state index in [0.717, 1.165) is 24.4 Å². The van der Waals surface area contributed by atoms with Crippen molar-refractivity contribution < 1.29 is 17.6 Å². The van der Waals surface area contributed by atoms with Crippen LogP contribution in [0.1, 0.15) is 31.3 Å². The fraction of sp³-hybridized carbons (Fsp3) is 0.450. The molecule has 0 radical (unpaired) electrons. The molecule has 0 saturated carbocycles. The number of aryl methyl sites for hydroxylation is 1. The minimum Gasteiger partial charge on any atom is -0.465 e. The van der Waals surface area contributed by atoms with E-state index in [1.54, 1.807) is 24.3 Å². The van der Waals surface area contributed by atoms with Crippen molar-refractivity contribution in [3.8, 4) is 0 Å². The number of hydrogen-bond donors (Lipinski definition) is 1. The summed E-state index contributed by atoms with van der Waals surface area (Å²) in [6.45, 7) is 5.36. The van der Waals surface area contributed by atoms with E-state index in [2.05, 4.69) is 5.32 Å². The lowest BCUT2D eigenvalue weighted by atomic mass is 10.2. The lowest BCUT2D eigenvalue weighted by Gasteiger charge is -2.23. The Morgan fingerprint density at radius 2 is 1.82 bits per heavy atom. The van der Waals surface area contributed by atoms with E-state index in [9.17, 15) is 13.2 Å². The van der Waals surface area contributed by atoms with E-state index >= 15 is 0 Å². The summed E-state index contributed by atoms with van der Waals surface area (Å²) in [5, 5.41) is 2.84. The van der Waals surface area contributed by atoms with Crippen LogP contribution in [0.4, 0.5) is 5.69 Å². The number of sulfonamides is 1. The highest BCUT2D eigenvalue weighted by atomic mass is 32.2. The van der Waals surface area contributed by atoms with Crippen LogP contribution in [0, 0.1) is 6.92 Å². The molecule has 7 nitrogen and oxygen atoms in total. The van der Waals surface area contributed by atoms with Gasteiger partial charge in [0.2, 0.25) is 15.9 Å². The van der Waals surface area contributed by atoms with Gasteiger partial charge in [-0.1, -0.05) is 0 Å². The van der Waals surface area contributed by atoms with Gasteiger partial charge in [0.15, 0.2) is 0 Å². The van der Waals surface area contributed by atoms with Crippen LogP contribution in [0.25, 0.3) is 0 Å². The molecule has 0 bridgehead atoms. The molecular weight excluding hydrogens is 378 g/mol. The quantitative estimate of drug-likeness (QED) is 0.766. The number of furan rings is 1. The van der Waals surface area contributed by atoms with Crippen molar-refractivity contribution >= 4 is 21.6 Å². The highest BCUT2D eigenvalue weighted by molar-refractivity contribution is 7.89. The van der Waals surface area contributed by atoms with Gasteiger partial charge < -0.3 is 9.73 Å². The van der Waals surface area contributed by atoms with Crippen molar-refractivity contribution in [2.75, 3.05) is 25.5 Å². The number of nitrogens with one attached hydrogen (secondary N) is 1. The van der Waals surface area contributed by atoms with Crippen molar-refractivity contribution in [2.45, 2.75) is 44.2 Å². The summed E-state index contributed by atoms with van der Waals surface area (Å²) in [6.07, 6.45) is 1.80. The Balaban J connectivity index is 1.60. The number of benzene rings is 1. The zero-order chi connectivity index (χ0) is 20.3. The first-order valence-electron chi connectivity index (χ1n) is 9.44. The highest BCUT2D eigenvalue weighted by Gasteiger charge is 2.27. The maximum atomic E-state index is 12.6. The van der Waals surface area contributed by atoms with Gasteiger partial charge in [0.1, 0.15) is 11.5 Å². The second-order valence-corrected chi connectivity index (χ2v) is 9.17. The zero-order valence-electron chi connectivity index (χ0n) is 16.5. The highest BCUT2D eigenvalue weighted by Crippen LogP contribution is 2.22. The third-order valence-electron chi connectivity index (χ3n) is 5.07. The third-order valence-corrected chi connectivity index (χ3v) is 6.98. The average Bonchev–Trinajstić information content (AvgIpc) is 3.34. The van der Waals surface area contributed by atoms with E-state index in [0.29, 0.717) is 25.3 Å². The smallest absolute Gasteiger partial charge is 0.243 e. The molecule has 1 aromatic carbocycles. The van der Waals surface area contributed by atoms with E-state index in [1.165, 1.54) is 4.31 Å². The topological polar surface area (TPSA) is 82.9 Å². The van der Waals surface area contributed by atoms with E-state index in [4.69, 9.17) is 4.42 Å². The lowest BCUT2D eigenvalue weighted by molar-refractivity contribution is -0.120. The lowest BCUT2D eigenvalue weighted by Crippen LogP contribution is -2.39. The van der Waals surface area contributed by atoms with Gasteiger partial charge in [0, 0.05) is 18.8 Å².